The summed E-state index contributed by atoms with van der Waals surface area (Å²) in [6.45, 7) is 3.03. The minimum absolute atomic E-state index is 0.0111. The van der Waals surface area contributed by atoms with Crippen LogP contribution < -0.4 is 5.32 Å². The fraction of sp³-hybridized carbons (Fsp3) is 0.533. The van der Waals surface area contributed by atoms with Gasteiger partial charge in [-0.1, -0.05) is 19.1 Å². The van der Waals surface area contributed by atoms with Gasteiger partial charge in [0.2, 0.25) is 0 Å². The second kappa shape index (κ2) is 8.56. The molecule has 1 saturated heterocycles. The van der Waals surface area contributed by atoms with Crippen molar-refractivity contribution in [3.05, 3.63) is 29.8 Å². The molecule has 6 heteroatoms. The van der Waals surface area contributed by atoms with Crippen LogP contribution in [0, 0.1) is 0 Å². The molecule has 0 unspecified atom stereocenters. The highest BCUT2D eigenvalue weighted by Crippen LogP contribution is 2.45. The van der Waals surface area contributed by atoms with Crippen molar-refractivity contribution < 1.29 is 9.90 Å². The van der Waals surface area contributed by atoms with E-state index in [1.807, 2.05) is 42.6 Å². The number of anilines is 1. The zero-order valence-electron chi connectivity index (χ0n) is 12.2. The number of carbonyl (C=O) groups is 1. The number of nitrogens with one attached hydrogen (secondary N) is 1. The fourth-order valence-electron chi connectivity index (χ4n) is 2.22. The summed E-state index contributed by atoms with van der Waals surface area (Å²) in [6.07, 6.45) is 0.878. The van der Waals surface area contributed by atoms with Crippen molar-refractivity contribution in [2.75, 3.05) is 36.5 Å². The lowest BCUT2D eigenvalue weighted by molar-refractivity contribution is 0.188. The molecule has 21 heavy (non-hydrogen) atoms. The van der Waals surface area contributed by atoms with E-state index in [0.717, 1.165) is 12.1 Å². The fourth-order valence-corrected chi connectivity index (χ4v) is 5.06. The Morgan fingerprint density at radius 2 is 2.14 bits per heavy atom. The summed E-state index contributed by atoms with van der Waals surface area (Å²) in [6, 6.07) is 7.92. The van der Waals surface area contributed by atoms with Gasteiger partial charge in [0.15, 0.2) is 0 Å². The molecule has 4 nitrogen and oxygen atoms in total. The summed E-state index contributed by atoms with van der Waals surface area (Å²) in [5, 5.41) is 12.0. The normalized spacial score (nSPS) is 15.1. The predicted molar refractivity (Wildman–Crippen MR) is 92.1 cm³/mol. The number of urea groups is 1. The maximum atomic E-state index is 12.2. The van der Waals surface area contributed by atoms with Crippen molar-refractivity contribution >= 4 is 35.2 Å². The molecule has 0 spiro atoms. The Labute approximate surface area is 134 Å². The smallest absolute Gasteiger partial charge is 0.321 e. The van der Waals surface area contributed by atoms with E-state index in [-0.39, 0.29) is 12.6 Å². The number of carbonyl (C=O) groups excluding carboxylic acids is 1. The van der Waals surface area contributed by atoms with Gasteiger partial charge in [-0.25, -0.2) is 4.79 Å². The Morgan fingerprint density at radius 1 is 1.38 bits per heavy atom. The molecule has 2 amide bonds. The molecule has 0 saturated carbocycles. The van der Waals surface area contributed by atoms with Gasteiger partial charge in [0.1, 0.15) is 0 Å². The van der Waals surface area contributed by atoms with E-state index >= 15 is 0 Å². The zero-order valence-corrected chi connectivity index (χ0v) is 13.9. The summed E-state index contributed by atoms with van der Waals surface area (Å²) in [5.74, 6) is 2.37. The molecule has 2 rings (SSSR count). The van der Waals surface area contributed by atoms with E-state index in [0.29, 0.717) is 17.7 Å². The Kier molecular flexibility index (Phi) is 6.73. The van der Waals surface area contributed by atoms with Gasteiger partial charge in [-0.2, -0.15) is 0 Å². The van der Waals surface area contributed by atoms with E-state index in [2.05, 4.69) is 17.4 Å². The van der Waals surface area contributed by atoms with Gasteiger partial charge in [-0.3, -0.25) is 0 Å². The molecule has 0 atom stereocenters. The Hall–Kier alpha value is -0.850. The molecule has 1 aliphatic heterocycles. The number of aliphatic hydroxyl groups excluding tert-OH is 1. The Bertz CT molecular complexity index is 459. The summed E-state index contributed by atoms with van der Waals surface area (Å²) in [4.78, 5) is 13.9. The first-order valence-corrected chi connectivity index (χ1v) is 9.34. The molecule has 1 aromatic rings. The van der Waals surface area contributed by atoms with E-state index in [9.17, 15) is 4.79 Å². The van der Waals surface area contributed by atoms with Crippen LogP contribution in [0.3, 0.4) is 0 Å². The number of hydrogen-bond donors (Lipinski definition) is 2. The zero-order chi connectivity index (χ0) is 15.1. The topological polar surface area (TPSA) is 52.6 Å². The van der Waals surface area contributed by atoms with Crippen molar-refractivity contribution in [3.63, 3.8) is 0 Å². The molecule has 0 aliphatic carbocycles. The first-order valence-electron chi connectivity index (χ1n) is 7.24. The average molecular weight is 326 g/mol. The molecule has 116 valence electrons. The Balaban J connectivity index is 2.00. The molecule has 0 bridgehead atoms. The van der Waals surface area contributed by atoms with Crippen LogP contribution in [0.15, 0.2) is 24.3 Å². The molecule has 1 fully saturated rings. The van der Waals surface area contributed by atoms with Gasteiger partial charge in [0.05, 0.1) is 11.2 Å². The first-order chi connectivity index (χ1) is 10.2. The van der Waals surface area contributed by atoms with Crippen LogP contribution in [0.25, 0.3) is 0 Å². The largest absolute Gasteiger partial charge is 0.395 e. The predicted octanol–water partition coefficient (Wildman–Crippen LogP) is 3.40. The average Bonchev–Trinajstić information content (AvgIpc) is 3.01. The third-order valence-corrected chi connectivity index (χ3v) is 6.29. The number of nitrogens with zero attached hydrogens (tertiary/aromatic N) is 1. The number of aliphatic hydroxyl groups is 1. The summed E-state index contributed by atoms with van der Waals surface area (Å²) in [5.41, 5.74) is 2.08. The highest BCUT2D eigenvalue weighted by molar-refractivity contribution is 8.19. The first kappa shape index (κ1) is 16.5. The maximum absolute atomic E-state index is 12.2. The number of amides is 2. The van der Waals surface area contributed by atoms with Gasteiger partial charge in [-0.05, 0) is 24.1 Å². The number of benzene rings is 1. The van der Waals surface area contributed by atoms with Crippen LogP contribution in [0.2, 0.25) is 0 Å². The van der Waals surface area contributed by atoms with E-state index in [1.54, 1.807) is 4.90 Å². The monoisotopic (exact) mass is 326 g/mol. The Morgan fingerprint density at radius 3 is 2.81 bits per heavy atom. The van der Waals surface area contributed by atoms with Crippen LogP contribution in [0.5, 0.6) is 0 Å². The van der Waals surface area contributed by atoms with Crippen LogP contribution in [-0.2, 0) is 0 Å². The lowest BCUT2D eigenvalue weighted by Crippen LogP contribution is -2.37. The van der Waals surface area contributed by atoms with Crippen LogP contribution >= 0.6 is 23.5 Å². The van der Waals surface area contributed by atoms with Gasteiger partial charge in [0.25, 0.3) is 0 Å². The summed E-state index contributed by atoms with van der Waals surface area (Å²) in [7, 11) is 0. The lowest BCUT2D eigenvalue weighted by Gasteiger charge is -2.21. The second-order valence-electron chi connectivity index (χ2n) is 4.84. The third kappa shape index (κ3) is 4.83. The van der Waals surface area contributed by atoms with Crippen LogP contribution in [0.4, 0.5) is 10.5 Å². The van der Waals surface area contributed by atoms with Crippen molar-refractivity contribution in [1.29, 1.82) is 0 Å². The molecule has 0 radical (unpaired) electrons. The van der Waals surface area contributed by atoms with Crippen LogP contribution in [-0.4, -0.2) is 47.2 Å². The number of thioether (sulfide) groups is 2. The summed E-state index contributed by atoms with van der Waals surface area (Å²) < 4.78 is 0.478. The highest BCUT2D eigenvalue weighted by atomic mass is 32.2. The van der Waals surface area contributed by atoms with Gasteiger partial charge >= 0.3 is 6.03 Å². The molecule has 2 N–H and O–H groups in total. The molecule has 1 aromatic carbocycles. The molecular weight excluding hydrogens is 304 g/mol. The maximum Gasteiger partial charge on any atom is 0.321 e. The standard InChI is InChI=1S/C15H22N2O2S2/c1-2-6-17(7-8-18)15(19)16-13-5-3-4-12(11-13)14-20-9-10-21-14/h3-5,11,14,18H,2,6-10H2,1H3,(H,16,19). The van der Waals surface area contributed by atoms with Gasteiger partial charge < -0.3 is 15.3 Å². The van der Waals surface area contributed by atoms with Crippen molar-refractivity contribution in [2.45, 2.75) is 17.9 Å². The van der Waals surface area contributed by atoms with Crippen molar-refractivity contribution in [2.24, 2.45) is 0 Å². The van der Waals surface area contributed by atoms with E-state index in [4.69, 9.17) is 5.11 Å². The molecule has 1 heterocycles. The van der Waals surface area contributed by atoms with E-state index in [1.165, 1.54) is 17.1 Å². The van der Waals surface area contributed by atoms with Gasteiger partial charge in [0, 0.05) is 30.3 Å². The molecular formula is C15H22N2O2S2. The number of hydrogen-bond acceptors (Lipinski definition) is 4. The summed E-state index contributed by atoms with van der Waals surface area (Å²) >= 11 is 3.90. The van der Waals surface area contributed by atoms with Crippen LogP contribution in [0.1, 0.15) is 23.5 Å². The lowest BCUT2D eigenvalue weighted by atomic mass is 10.2. The van der Waals surface area contributed by atoms with Crippen molar-refractivity contribution in [3.8, 4) is 0 Å². The third-order valence-electron chi connectivity index (χ3n) is 3.18. The molecule has 1 aliphatic rings. The molecule has 0 aromatic heterocycles. The van der Waals surface area contributed by atoms with Gasteiger partial charge in [-0.15, -0.1) is 23.5 Å². The quantitative estimate of drug-likeness (QED) is 0.841. The minimum Gasteiger partial charge on any atom is -0.395 e. The minimum atomic E-state index is -0.144. The van der Waals surface area contributed by atoms with E-state index < -0.39 is 0 Å². The highest BCUT2D eigenvalue weighted by Gasteiger charge is 2.19. The SMILES string of the molecule is CCCN(CCO)C(=O)Nc1cccc(C2SCCS2)c1. The second-order valence-corrected chi connectivity index (χ2v) is 7.56. The van der Waals surface area contributed by atoms with Crippen molar-refractivity contribution in [1.82, 2.24) is 4.90 Å². The number of rotatable bonds is 6.